The van der Waals surface area contributed by atoms with Crippen LogP contribution in [0.2, 0.25) is 0 Å². The number of anilines is 1. The van der Waals surface area contributed by atoms with E-state index in [0.29, 0.717) is 28.4 Å². The number of aromatic nitrogens is 2. The lowest BCUT2D eigenvalue weighted by molar-refractivity contribution is -0.384. The third-order valence-corrected chi connectivity index (χ3v) is 4.50. The number of nitro benzene ring substituents is 1. The van der Waals surface area contributed by atoms with Crippen LogP contribution in [0.25, 0.3) is 28.8 Å². The van der Waals surface area contributed by atoms with Gasteiger partial charge in [0.15, 0.2) is 11.2 Å². The summed E-state index contributed by atoms with van der Waals surface area (Å²) in [5.74, 6) is 0.0606. The van der Waals surface area contributed by atoms with Crippen LogP contribution in [0.3, 0.4) is 0 Å². The molecule has 1 amide bonds. The first-order valence-electron chi connectivity index (χ1n) is 9.06. The van der Waals surface area contributed by atoms with Gasteiger partial charge in [0.05, 0.1) is 4.92 Å². The fraction of sp³-hybridized carbons (Fsp3) is 0.0455. The van der Waals surface area contributed by atoms with Crippen molar-refractivity contribution in [3.05, 3.63) is 88.1 Å². The fourth-order valence-corrected chi connectivity index (χ4v) is 2.98. The molecule has 0 fully saturated rings. The van der Waals surface area contributed by atoms with Gasteiger partial charge in [-0.1, -0.05) is 18.2 Å². The van der Waals surface area contributed by atoms with Crippen LogP contribution in [0.4, 0.5) is 11.4 Å². The Morgan fingerprint density at radius 2 is 2.00 bits per heavy atom. The molecule has 2 heterocycles. The minimum Gasteiger partial charge on any atom is -0.434 e. The van der Waals surface area contributed by atoms with E-state index in [4.69, 9.17) is 4.42 Å². The highest BCUT2D eigenvalue weighted by atomic mass is 16.6. The molecule has 0 atom stereocenters. The highest BCUT2D eigenvalue weighted by molar-refractivity contribution is 6.02. The van der Waals surface area contributed by atoms with Crippen molar-refractivity contribution in [3.63, 3.8) is 0 Å². The first-order chi connectivity index (χ1) is 14.5. The number of hydrogen-bond donors (Lipinski definition) is 1. The average Bonchev–Trinajstić information content (AvgIpc) is 3.18. The number of benzene rings is 2. The maximum Gasteiger partial charge on any atom is 0.270 e. The van der Waals surface area contributed by atoms with E-state index >= 15 is 0 Å². The Morgan fingerprint density at radius 1 is 1.17 bits per heavy atom. The maximum absolute atomic E-state index is 12.4. The minimum absolute atomic E-state index is 0.0334. The van der Waals surface area contributed by atoms with Crippen LogP contribution < -0.4 is 5.32 Å². The van der Waals surface area contributed by atoms with Gasteiger partial charge in [0.25, 0.3) is 5.69 Å². The number of hydrogen-bond acceptors (Lipinski definition) is 6. The smallest absolute Gasteiger partial charge is 0.270 e. The molecule has 2 aromatic heterocycles. The van der Waals surface area contributed by atoms with Gasteiger partial charge >= 0.3 is 0 Å². The van der Waals surface area contributed by atoms with Crippen molar-refractivity contribution in [2.75, 3.05) is 5.32 Å². The van der Waals surface area contributed by atoms with Gasteiger partial charge < -0.3 is 9.73 Å². The van der Waals surface area contributed by atoms with Crippen LogP contribution in [0, 0.1) is 17.0 Å². The van der Waals surface area contributed by atoms with Crippen molar-refractivity contribution in [2.24, 2.45) is 0 Å². The number of amides is 1. The summed E-state index contributed by atoms with van der Waals surface area (Å²) >= 11 is 0. The van der Waals surface area contributed by atoms with Crippen LogP contribution in [0.5, 0.6) is 0 Å². The van der Waals surface area contributed by atoms with Gasteiger partial charge in [0.2, 0.25) is 11.8 Å². The zero-order valence-corrected chi connectivity index (χ0v) is 15.9. The molecule has 0 unspecified atom stereocenters. The third kappa shape index (κ3) is 3.93. The second kappa shape index (κ2) is 7.96. The molecule has 0 aliphatic heterocycles. The van der Waals surface area contributed by atoms with Crippen LogP contribution in [0.1, 0.15) is 11.1 Å². The zero-order chi connectivity index (χ0) is 21.1. The van der Waals surface area contributed by atoms with Gasteiger partial charge in [-0.3, -0.25) is 14.9 Å². The number of carbonyl (C=O) groups is 1. The lowest BCUT2D eigenvalue weighted by atomic mass is 10.1. The summed E-state index contributed by atoms with van der Waals surface area (Å²) in [6.07, 6.45) is 4.49. The van der Waals surface area contributed by atoms with Gasteiger partial charge in [-0.15, -0.1) is 0 Å². The van der Waals surface area contributed by atoms with E-state index in [-0.39, 0.29) is 11.6 Å². The Morgan fingerprint density at radius 3 is 2.80 bits per heavy atom. The highest BCUT2D eigenvalue weighted by Gasteiger charge is 2.14. The maximum atomic E-state index is 12.4. The summed E-state index contributed by atoms with van der Waals surface area (Å²) in [5, 5.41) is 13.7. The van der Waals surface area contributed by atoms with Crippen molar-refractivity contribution >= 4 is 34.6 Å². The monoisotopic (exact) mass is 400 g/mol. The largest absolute Gasteiger partial charge is 0.434 e. The number of nitrogens with zero attached hydrogens (tertiary/aromatic N) is 3. The molecule has 0 aliphatic rings. The molecular weight excluding hydrogens is 384 g/mol. The summed E-state index contributed by atoms with van der Waals surface area (Å²) in [7, 11) is 0. The highest BCUT2D eigenvalue weighted by Crippen LogP contribution is 2.30. The van der Waals surface area contributed by atoms with Gasteiger partial charge in [-0.2, -0.15) is 4.98 Å². The number of carbonyl (C=O) groups excluding carboxylic acids is 1. The molecule has 0 radical (unpaired) electrons. The van der Waals surface area contributed by atoms with Gasteiger partial charge in [-0.05, 0) is 48.4 Å². The summed E-state index contributed by atoms with van der Waals surface area (Å²) < 4.78 is 5.78. The molecule has 2 aromatic carbocycles. The van der Waals surface area contributed by atoms with E-state index in [1.165, 1.54) is 24.3 Å². The number of nitro groups is 1. The SMILES string of the molecule is Cc1c(NC(=O)C=Cc2cccc([N+](=O)[O-])c2)cccc1-c1nc2ncccc2o1. The zero-order valence-electron chi connectivity index (χ0n) is 15.9. The van der Waals surface area contributed by atoms with Crippen LogP contribution in [-0.4, -0.2) is 20.8 Å². The molecule has 8 heteroatoms. The summed E-state index contributed by atoms with van der Waals surface area (Å²) in [5.41, 5.74) is 3.77. The predicted molar refractivity (Wildman–Crippen MR) is 113 cm³/mol. The molecule has 148 valence electrons. The molecule has 0 saturated carbocycles. The predicted octanol–water partition coefficient (Wildman–Crippen LogP) is 4.76. The van der Waals surface area contributed by atoms with E-state index in [1.807, 2.05) is 13.0 Å². The first kappa shape index (κ1) is 19.0. The molecule has 0 aliphatic carbocycles. The van der Waals surface area contributed by atoms with Crippen molar-refractivity contribution < 1.29 is 14.1 Å². The van der Waals surface area contributed by atoms with Crippen molar-refractivity contribution in [1.29, 1.82) is 0 Å². The van der Waals surface area contributed by atoms with E-state index in [0.717, 1.165) is 11.1 Å². The van der Waals surface area contributed by atoms with Gasteiger partial charge in [-0.25, -0.2) is 4.98 Å². The number of fused-ring (bicyclic) bond motifs is 1. The molecule has 30 heavy (non-hydrogen) atoms. The summed E-state index contributed by atoms with van der Waals surface area (Å²) in [6.45, 7) is 1.86. The summed E-state index contributed by atoms with van der Waals surface area (Å²) in [6, 6.07) is 15.0. The first-order valence-corrected chi connectivity index (χ1v) is 9.06. The number of pyridine rings is 1. The Balaban J connectivity index is 1.55. The molecule has 4 aromatic rings. The fourth-order valence-electron chi connectivity index (χ4n) is 2.98. The van der Waals surface area contributed by atoms with Crippen LogP contribution in [-0.2, 0) is 4.79 Å². The lowest BCUT2D eigenvalue weighted by Crippen LogP contribution is -2.09. The second-order valence-electron chi connectivity index (χ2n) is 6.50. The standard InChI is InChI=1S/C22H16N4O4/c1-14-17(22-25-21-19(30-22)9-4-12-23-21)7-3-8-18(14)24-20(27)11-10-15-5-2-6-16(13-15)26(28)29/h2-13H,1H3,(H,24,27). The third-order valence-electron chi connectivity index (χ3n) is 4.50. The molecule has 8 nitrogen and oxygen atoms in total. The Labute approximate surface area is 171 Å². The Bertz CT molecular complexity index is 1260. The number of rotatable bonds is 5. The topological polar surface area (TPSA) is 111 Å². The molecule has 0 spiro atoms. The normalized spacial score (nSPS) is 11.1. The number of non-ortho nitro benzene ring substituents is 1. The molecule has 0 bridgehead atoms. The quantitative estimate of drug-likeness (QED) is 0.294. The molecule has 4 rings (SSSR count). The molecule has 1 N–H and O–H groups in total. The number of nitrogens with one attached hydrogen (secondary N) is 1. The minimum atomic E-state index is -0.478. The van der Waals surface area contributed by atoms with Crippen LogP contribution in [0.15, 0.2) is 71.3 Å². The van der Waals surface area contributed by atoms with E-state index in [9.17, 15) is 14.9 Å². The van der Waals surface area contributed by atoms with Crippen molar-refractivity contribution in [3.8, 4) is 11.5 Å². The van der Waals surface area contributed by atoms with E-state index < -0.39 is 4.92 Å². The van der Waals surface area contributed by atoms with Gasteiger partial charge in [0, 0.05) is 35.7 Å². The number of oxazole rings is 1. The van der Waals surface area contributed by atoms with Crippen molar-refractivity contribution in [1.82, 2.24) is 9.97 Å². The van der Waals surface area contributed by atoms with E-state index in [1.54, 1.807) is 42.6 Å². The van der Waals surface area contributed by atoms with Gasteiger partial charge in [0.1, 0.15) is 0 Å². The van der Waals surface area contributed by atoms with Crippen molar-refractivity contribution in [2.45, 2.75) is 6.92 Å². The van der Waals surface area contributed by atoms with Crippen LogP contribution >= 0.6 is 0 Å². The Kier molecular flexibility index (Phi) is 5.04. The van der Waals surface area contributed by atoms with E-state index in [2.05, 4.69) is 15.3 Å². The summed E-state index contributed by atoms with van der Waals surface area (Å²) in [4.78, 5) is 31.3. The molecule has 0 saturated heterocycles. The Hall–Kier alpha value is -4.33. The lowest BCUT2D eigenvalue weighted by Gasteiger charge is -2.09. The second-order valence-corrected chi connectivity index (χ2v) is 6.50. The average molecular weight is 400 g/mol. The molecular formula is C22H16N4O4.